The molecule has 0 radical (unpaired) electrons. The van der Waals surface area contributed by atoms with Gasteiger partial charge in [-0.2, -0.15) is 0 Å². The van der Waals surface area contributed by atoms with Crippen LogP contribution in [0.15, 0.2) is 48.5 Å². The Balaban J connectivity index is 1.69. The molecule has 0 aliphatic heterocycles. The van der Waals surface area contributed by atoms with Gasteiger partial charge in [0.1, 0.15) is 18.1 Å². The summed E-state index contributed by atoms with van der Waals surface area (Å²) >= 11 is 5.01. The fourth-order valence-corrected chi connectivity index (χ4v) is 2.63. The minimum Gasteiger partial charge on any atom is -0.491 e. The van der Waals surface area contributed by atoms with Crippen LogP contribution in [0, 0.1) is 0 Å². The number of benzene rings is 2. The summed E-state index contributed by atoms with van der Waals surface area (Å²) in [5.41, 5.74) is 5.49. The topological polar surface area (TPSA) is 124 Å². The number of rotatable bonds is 11. The van der Waals surface area contributed by atoms with Gasteiger partial charge in [0.05, 0.1) is 18.8 Å². The fourth-order valence-electron chi connectivity index (χ4n) is 2.48. The second-order valence-corrected chi connectivity index (χ2v) is 6.97. The number of hydrogen-bond acceptors (Lipinski definition) is 8. The summed E-state index contributed by atoms with van der Waals surface area (Å²) in [6.07, 6.45) is 0. The average molecular weight is 490 g/mol. The zero-order chi connectivity index (χ0) is 24.8. The zero-order valence-corrected chi connectivity index (χ0v) is 19.7. The van der Waals surface area contributed by atoms with Gasteiger partial charge in [-0.15, -0.1) is 0 Å². The van der Waals surface area contributed by atoms with Crippen LogP contribution in [0.4, 0.5) is 0 Å². The number of esters is 1. The summed E-state index contributed by atoms with van der Waals surface area (Å²) in [6.45, 7) is 5.11. The van der Waals surface area contributed by atoms with E-state index in [2.05, 4.69) is 16.2 Å². The molecule has 0 saturated heterocycles. The molecule has 2 rings (SSSR count). The van der Waals surface area contributed by atoms with Crippen LogP contribution in [-0.2, 0) is 14.3 Å². The van der Waals surface area contributed by atoms with Gasteiger partial charge < -0.3 is 18.9 Å². The molecule has 0 spiro atoms. The van der Waals surface area contributed by atoms with E-state index in [0.29, 0.717) is 42.4 Å². The van der Waals surface area contributed by atoms with E-state index in [4.69, 9.17) is 31.2 Å². The SMILES string of the molecule is CCOCCOc1ccc(C(=O)NC(=S)NNC(=O)COc2ccc(C(=O)OCC)cc2)cc1. The average Bonchev–Trinajstić information content (AvgIpc) is 2.85. The molecule has 2 aromatic rings. The highest BCUT2D eigenvalue weighted by Crippen LogP contribution is 2.13. The van der Waals surface area contributed by atoms with Gasteiger partial charge in [0.2, 0.25) is 0 Å². The fraction of sp³-hybridized carbons (Fsp3) is 0.304. The van der Waals surface area contributed by atoms with Gasteiger partial charge >= 0.3 is 5.97 Å². The molecule has 2 amide bonds. The molecule has 0 fully saturated rings. The van der Waals surface area contributed by atoms with Crippen LogP contribution in [-0.4, -0.2) is 55.9 Å². The van der Waals surface area contributed by atoms with Crippen LogP contribution < -0.4 is 25.6 Å². The maximum Gasteiger partial charge on any atom is 0.338 e. The predicted octanol–water partition coefficient (Wildman–Crippen LogP) is 1.99. The lowest BCUT2D eigenvalue weighted by Gasteiger charge is -2.12. The van der Waals surface area contributed by atoms with Gasteiger partial charge in [-0.1, -0.05) is 0 Å². The van der Waals surface area contributed by atoms with Crippen LogP contribution in [0.3, 0.4) is 0 Å². The summed E-state index contributed by atoms with van der Waals surface area (Å²) in [4.78, 5) is 35.8. The van der Waals surface area contributed by atoms with E-state index < -0.39 is 17.8 Å². The highest BCUT2D eigenvalue weighted by Gasteiger charge is 2.10. The molecular weight excluding hydrogens is 462 g/mol. The molecule has 0 aliphatic rings. The molecule has 3 N–H and O–H groups in total. The number of thiocarbonyl (C=S) groups is 1. The molecule has 34 heavy (non-hydrogen) atoms. The van der Waals surface area contributed by atoms with E-state index in [9.17, 15) is 14.4 Å². The molecule has 0 bridgehead atoms. The summed E-state index contributed by atoms with van der Waals surface area (Å²) < 4.78 is 20.9. The number of amides is 2. The molecule has 11 heteroatoms. The second kappa shape index (κ2) is 14.4. The quantitative estimate of drug-likeness (QED) is 0.188. The number of carbonyl (C=O) groups excluding carboxylic acids is 3. The van der Waals surface area contributed by atoms with E-state index in [-0.39, 0.29) is 18.3 Å². The van der Waals surface area contributed by atoms with Gasteiger partial charge in [-0.25, -0.2) is 4.79 Å². The minimum absolute atomic E-state index is 0.0887. The van der Waals surface area contributed by atoms with Gasteiger partial charge in [0.25, 0.3) is 11.8 Å². The Morgan fingerprint density at radius 2 is 1.41 bits per heavy atom. The largest absolute Gasteiger partial charge is 0.491 e. The van der Waals surface area contributed by atoms with Crippen molar-refractivity contribution in [3.8, 4) is 11.5 Å². The number of hydrogen-bond donors (Lipinski definition) is 3. The van der Waals surface area contributed by atoms with Gasteiger partial charge in [-0.05, 0) is 74.6 Å². The van der Waals surface area contributed by atoms with Crippen LogP contribution in [0.25, 0.3) is 0 Å². The van der Waals surface area contributed by atoms with Crippen LogP contribution >= 0.6 is 12.2 Å². The van der Waals surface area contributed by atoms with Crippen molar-refractivity contribution in [2.24, 2.45) is 0 Å². The molecule has 10 nitrogen and oxygen atoms in total. The first-order valence-electron chi connectivity index (χ1n) is 10.5. The summed E-state index contributed by atoms with van der Waals surface area (Å²) in [7, 11) is 0. The smallest absolute Gasteiger partial charge is 0.338 e. The third-order valence-electron chi connectivity index (χ3n) is 4.09. The van der Waals surface area contributed by atoms with Crippen molar-refractivity contribution in [3.05, 3.63) is 59.7 Å². The molecule has 0 saturated carbocycles. The third kappa shape index (κ3) is 9.43. The molecular formula is C23H27N3O7S. The molecule has 0 atom stereocenters. The lowest BCUT2D eigenvalue weighted by atomic mass is 10.2. The Morgan fingerprint density at radius 3 is 2.03 bits per heavy atom. The maximum absolute atomic E-state index is 12.3. The predicted molar refractivity (Wildman–Crippen MR) is 128 cm³/mol. The van der Waals surface area contributed by atoms with E-state index in [1.807, 2.05) is 6.92 Å². The molecule has 182 valence electrons. The standard InChI is InChI=1S/C23H27N3O7S/c1-3-30-13-14-32-18-9-5-16(6-10-18)21(28)24-23(34)26-25-20(27)15-33-19-11-7-17(8-12-19)22(29)31-4-2/h5-12H,3-4,13-15H2,1-2H3,(H,25,27)(H2,24,26,28,34). The van der Waals surface area contributed by atoms with Crippen molar-refractivity contribution in [1.82, 2.24) is 16.2 Å². The van der Waals surface area contributed by atoms with Crippen molar-refractivity contribution >= 4 is 35.1 Å². The van der Waals surface area contributed by atoms with Gasteiger partial charge in [0, 0.05) is 12.2 Å². The third-order valence-corrected chi connectivity index (χ3v) is 4.30. The maximum atomic E-state index is 12.3. The highest BCUT2D eigenvalue weighted by molar-refractivity contribution is 7.80. The number of hydrazine groups is 1. The Labute approximate surface area is 202 Å². The van der Waals surface area contributed by atoms with E-state index >= 15 is 0 Å². The Morgan fingerprint density at radius 1 is 0.794 bits per heavy atom. The number of nitrogens with one attached hydrogen (secondary N) is 3. The van der Waals surface area contributed by atoms with Gasteiger partial charge in [0.15, 0.2) is 11.7 Å². The Bertz CT molecular complexity index is 966. The van der Waals surface area contributed by atoms with Crippen molar-refractivity contribution < 1.29 is 33.3 Å². The van der Waals surface area contributed by atoms with Gasteiger partial charge in [-0.3, -0.25) is 25.8 Å². The highest BCUT2D eigenvalue weighted by atomic mass is 32.1. The monoisotopic (exact) mass is 489 g/mol. The van der Waals surface area contributed by atoms with Crippen LogP contribution in [0.1, 0.15) is 34.6 Å². The van der Waals surface area contributed by atoms with Crippen molar-refractivity contribution in [2.75, 3.05) is 33.0 Å². The van der Waals surface area contributed by atoms with Crippen LogP contribution in [0.2, 0.25) is 0 Å². The normalized spacial score (nSPS) is 10.1. The van der Waals surface area contributed by atoms with E-state index in [0.717, 1.165) is 0 Å². The first-order valence-corrected chi connectivity index (χ1v) is 10.9. The van der Waals surface area contributed by atoms with Crippen molar-refractivity contribution in [3.63, 3.8) is 0 Å². The molecule has 0 aliphatic carbocycles. The van der Waals surface area contributed by atoms with Crippen LogP contribution in [0.5, 0.6) is 11.5 Å². The van der Waals surface area contributed by atoms with Crippen molar-refractivity contribution in [1.29, 1.82) is 0 Å². The summed E-state index contributed by atoms with van der Waals surface area (Å²) in [6, 6.07) is 12.7. The second-order valence-electron chi connectivity index (χ2n) is 6.56. The Hall–Kier alpha value is -3.70. The van der Waals surface area contributed by atoms with Crippen molar-refractivity contribution in [2.45, 2.75) is 13.8 Å². The summed E-state index contributed by atoms with van der Waals surface area (Å²) in [5.74, 6) is -0.414. The molecule has 0 unspecified atom stereocenters. The first-order chi connectivity index (χ1) is 16.4. The minimum atomic E-state index is -0.528. The summed E-state index contributed by atoms with van der Waals surface area (Å²) in [5, 5.41) is 2.36. The van der Waals surface area contributed by atoms with E-state index in [1.165, 1.54) is 12.1 Å². The van der Waals surface area contributed by atoms with E-state index in [1.54, 1.807) is 43.3 Å². The lowest BCUT2D eigenvalue weighted by Crippen LogP contribution is -2.49. The molecule has 0 heterocycles. The molecule has 2 aromatic carbocycles. The number of carbonyl (C=O) groups is 3. The molecule has 0 aromatic heterocycles. The number of ether oxygens (including phenoxy) is 4. The zero-order valence-electron chi connectivity index (χ0n) is 18.9. The Kier molecular flexibility index (Phi) is 11.3. The lowest BCUT2D eigenvalue weighted by molar-refractivity contribution is -0.123. The first kappa shape index (κ1) is 26.6.